The highest BCUT2D eigenvalue weighted by molar-refractivity contribution is 4.66. The van der Waals surface area contributed by atoms with Crippen molar-refractivity contribution in [1.29, 1.82) is 0 Å². The van der Waals surface area contributed by atoms with E-state index in [1.807, 2.05) is 0 Å². The summed E-state index contributed by atoms with van der Waals surface area (Å²) in [7, 11) is 0. The van der Waals surface area contributed by atoms with Gasteiger partial charge in [-0.2, -0.15) is 0 Å². The van der Waals surface area contributed by atoms with E-state index >= 15 is 0 Å². The normalized spacial score (nSPS) is 30.5. The molecule has 2 unspecified atom stereocenters. The lowest BCUT2D eigenvalue weighted by molar-refractivity contribution is 0.395. The molecule has 0 amide bonds. The maximum atomic E-state index is 4.95. The molecular formula is C10H20O2. The van der Waals surface area contributed by atoms with Crippen molar-refractivity contribution in [3.63, 3.8) is 0 Å². The molecular weight excluding hydrogens is 152 g/mol. The molecule has 0 aromatic carbocycles. The van der Waals surface area contributed by atoms with Crippen molar-refractivity contribution >= 4 is 0 Å². The van der Waals surface area contributed by atoms with Gasteiger partial charge in [0, 0.05) is 0 Å². The zero-order valence-electron chi connectivity index (χ0n) is 8.21. The first kappa shape index (κ1) is 10.0. The zero-order valence-corrected chi connectivity index (χ0v) is 8.21. The van der Waals surface area contributed by atoms with Crippen molar-refractivity contribution in [3.05, 3.63) is 0 Å². The average Bonchev–Trinajstić information content (AvgIpc) is 2.81. The lowest BCUT2D eigenvalue weighted by atomic mass is 10.3. The SMILES string of the molecule is CCCC1CO1.CCCC1CO1. The number of ether oxygens (including phenoxy) is 2. The van der Waals surface area contributed by atoms with E-state index in [1.54, 1.807) is 0 Å². The molecule has 0 radical (unpaired) electrons. The Morgan fingerprint density at radius 3 is 1.33 bits per heavy atom. The highest BCUT2D eigenvalue weighted by Gasteiger charge is 2.20. The maximum absolute atomic E-state index is 4.95. The van der Waals surface area contributed by atoms with Gasteiger partial charge in [-0.25, -0.2) is 0 Å². The Morgan fingerprint density at radius 2 is 1.25 bits per heavy atom. The van der Waals surface area contributed by atoms with Gasteiger partial charge in [-0.3, -0.25) is 0 Å². The van der Waals surface area contributed by atoms with Crippen LogP contribution in [0.3, 0.4) is 0 Å². The van der Waals surface area contributed by atoms with Crippen LogP contribution in [0.5, 0.6) is 0 Å². The number of rotatable bonds is 4. The first-order valence-electron chi connectivity index (χ1n) is 5.10. The second-order valence-electron chi connectivity index (χ2n) is 3.49. The molecule has 2 heterocycles. The Labute approximate surface area is 75.2 Å². The summed E-state index contributed by atoms with van der Waals surface area (Å²) in [4.78, 5) is 0. The summed E-state index contributed by atoms with van der Waals surface area (Å²) in [5.74, 6) is 0. The molecule has 2 atom stereocenters. The van der Waals surface area contributed by atoms with Crippen molar-refractivity contribution in [3.8, 4) is 0 Å². The Bertz CT molecular complexity index is 92.4. The van der Waals surface area contributed by atoms with E-state index in [0.717, 1.165) is 13.2 Å². The van der Waals surface area contributed by atoms with E-state index in [-0.39, 0.29) is 0 Å². The van der Waals surface area contributed by atoms with Gasteiger partial charge in [-0.1, -0.05) is 26.7 Å². The number of epoxide rings is 2. The van der Waals surface area contributed by atoms with Gasteiger partial charge >= 0.3 is 0 Å². The van der Waals surface area contributed by atoms with Crippen LogP contribution in [0.1, 0.15) is 39.5 Å². The summed E-state index contributed by atoms with van der Waals surface area (Å²) in [5, 5.41) is 0. The van der Waals surface area contributed by atoms with Crippen molar-refractivity contribution in [2.45, 2.75) is 51.7 Å². The smallest absolute Gasteiger partial charge is 0.0809 e. The molecule has 2 saturated heterocycles. The first-order chi connectivity index (χ1) is 5.86. The van der Waals surface area contributed by atoms with Crippen molar-refractivity contribution < 1.29 is 9.47 Å². The molecule has 0 N–H and O–H groups in total. The highest BCUT2D eigenvalue weighted by Crippen LogP contribution is 2.14. The Hall–Kier alpha value is -0.0800. The third-order valence-corrected chi connectivity index (χ3v) is 2.03. The lowest BCUT2D eigenvalue weighted by Crippen LogP contribution is -1.78. The van der Waals surface area contributed by atoms with Crippen LogP contribution in [-0.2, 0) is 9.47 Å². The van der Waals surface area contributed by atoms with Gasteiger partial charge in [-0.05, 0) is 12.8 Å². The summed E-state index contributed by atoms with van der Waals surface area (Å²) in [6, 6.07) is 0. The van der Waals surface area contributed by atoms with Crippen molar-refractivity contribution in [2.75, 3.05) is 13.2 Å². The standard InChI is InChI=1S/2C5H10O/c2*1-2-3-5-4-6-5/h2*5H,2-4H2,1H3. The van der Waals surface area contributed by atoms with Crippen LogP contribution in [0.4, 0.5) is 0 Å². The summed E-state index contributed by atoms with van der Waals surface area (Å²) < 4.78 is 9.90. The van der Waals surface area contributed by atoms with Gasteiger partial charge in [0.15, 0.2) is 0 Å². The van der Waals surface area contributed by atoms with Crippen molar-refractivity contribution in [2.24, 2.45) is 0 Å². The van der Waals surface area contributed by atoms with Crippen LogP contribution < -0.4 is 0 Å². The van der Waals surface area contributed by atoms with E-state index in [4.69, 9.17) is 9.47 Å². The van der Waals surface area contributed by atoms with Gasteiger partial charge in [0.25, 0.3) is 0 Å². The molecule has 12 heavy (non-hydrogen) atoms. The number of hydrogen-bond donors (Lipinski definition) is 0. The molecule has 2 fully saturated rings. The molecule has 0 aromatic heterocycles. The largest absolute Gasteiger partial charge is 0.373 e. The Balaban J connectivity index is 0.000000120. The topological polar surface area (TPSA) is 25.1 Å². The van der Waals surface area contributed by atoms with Gasteiger partial charge in [0.2, 0.25) is 0 Å². The van der Waals surface area contributed by atoms with E-state index in [0.29, 0.717) is 12.2 Å². The van der Waals surface area contributed by atoms with Crippen LogP contribution in [0.15, 0.2) is 0 Å². The van der Waals surface area contributed by atoms with E-state index in [9.17, 15) is 0 Å². The molecule has 2 heteroatoms. The summed E-state index contributed by atoms with van der Waals surface area (Å²) in [6.45, 7) is 6.41. The monoisotopic (exact) mass is 172 g/mol. The number of hydrogen-bond acceptors (Lipinski definition) is 2. The molecule has 2 aliphatic rings. The first-order valence-corrected chi connectivity index (χ1v) is 5.10. The molecule has 2 nitrogen and oxygen atoms in total. The van der Waals surface area contributed by atoms with Crippen LogP contribution in [0, 0.1) is 0 Å². The van der Waals surface area contributed by atoms with Crippen LogP contribution in [0.2, 0.25) is 0 Å². The second kappa shape index (κ2) is 5.55. The minimum atomic E-state index is 0.648. The summed E-state index contributed by atoms with van der Waals surface area (Å²) >= 11 is 0. The second-order valence-corrected chi connectivity index (χ2v) is 3.49. The predicted octanol–water partition coefficient (Wildman–Crippen LogP) is 2.37. The fourth-order valence-corrected chi connectivity index (χ4v) is 1.11. The van der Waals surface area contributed by atoms with E-state index < -0.39 is 0 Å². The van der Waals surface area contributed by atoms with Crippen LogP contribution in [-0.4, -0.2) is 25.4 Å². The molecule has 72 valence electrons. The predicted molar refractivity (Wildman–Crippen MR) is 49.3 cm³/mol. The Kier molecular flexibility index (Phi) is 4.62. The average molecular weight is 172 g/mol. The van der Waals surface area contributed by atoms with Crippen LogP contribution >= 0.6 is 0 Å². The fraction of sp³-hybridized carbons (Fsp3) is 1.00. The molecule has 0 spiro atoms. The van der Waals surface area contributed by atoms with Crippen LogP contribution in [0.25, 0.3) is 0 Å². The molecule has 0 aromatic rings. The summed E-state index contributed by atoms with van der Waals surface area (Å²) in [6.07, 6.45) is 6.36. The van der Waals surface area contributed by atoms with Gasteiger partial charge in [0.1, 0.15) is 0 Å². The maximum Gasteiger partial charge on any atom is 0.0809 e. The third-order valence-electron chi connectivity index (χ3n) is 2.03. The van der Waals surface area contributed by atoms with E-state index in [2.05, 4.69) is 13.8 Å². The summed E-state index contributed by atoms with van der Waals surface area (Å²) in [5.41, 5.74) is 0. The van der Waals surface area contributed by atoms with Gasteiger partial charge in [0.05, 0.1) is 25.4 Å². The van der Waals surface area contributed by atoms with Gasteiger partial charge in [-0.15, -0.1) is 0 Å². The molecule has 0 saturated carbocycles. The fourth-order valence-electron chi connectivity index (χ4n) is 1.11. The van der Waals surface area contributed by atoms with Crippen molar-refractivity contribution in [1.82, 2.24) is 0 Å². The lowest BCUT2D eigenvalue weighted by Gasteiger charge is -1.79. The minimum Gasteiger partial charge on any atom is -0.373 e. The highest BCUT2D eigenvalue weighted by atomic mass is 16.6. The van der Waals surface area contributed by atoms with E-state index in [1.165, 1.54) is 25.7 Å². The zero-order chi connectivity index (χ0) is 8.81. The Morgan fingerprint density at radius 1 is 0.917 bits per heavy atom. The van der Waals surface area contributed by atoms with Gasteiger partial charge < -0.3 is 9.47 Å². The third kappa shape index (κ3) is 5.56. The quantitative estimate of drug-likeness (QED) is 0.608. The molecule has 0 bridgehead atoms. The molecule has 2 aliphatic heterocycles. The molecule has 2 rings (SSSR count). The minimum absolute atomic E-state index is 0.648. The molecule has 0 aliphatic carbocycles.